The Balaban J connectivity index is 2.66. The normalized spacial score (nSPS) is 23.1. The Bertz CT molecular complexity index is 379. The van der Waals surface area contributed by atoms with E-state index < -0.39 is 42.0 Å². The van der Waals surface area contributed by atoms with Gasteiger partial charge in [0.1, 0.15) is 5.60 Å². The molecule has 2 atom stereocenters. The van der Waals surface area contributed by atoms with Crippen LogP contribution in [0.25, 0.3) is 0 Å². The Hall–Kier alpha value is -1.40. The van der Waals surface area contributed by atoms with Crippen LogP contribution in [0.4, 0.5) is 13.6 Å². The first-order chi connectivity index (χ1) is 8.98. The zero-order chi connectivity index (χ0) is 15.6. The van der Waals surface area contributed by atoms with Gasteiger partial charge in [0.2, 0.25) is 5.92 Å². The molecule has 0 aliphatic heterocycles. The lowest BCUT2D eigenvalue weighted by Crippen LogP contribution is -2.44. The highest BCUT2D eigenvalue weighted by atomic mass is 19.3. The molecule has 0 aromatic rings. The maximum absolute atomic E-state index is 13.2. The van der Waals surface area contributed by atoms with Crippen LogP contribution in [0.2, 0.25) is 0 Å². The van der Waals surface area contributed by atoms with E-state index in [0.29, 0.717) is 0 Å². The minimum atomic E-state index is -2.78. The zero-order valence-corrected chi connectivity index (χ0v) is 11.9. The molecule has 0 aromatic heterocycles. The second-order valence-corrected chi connectivity index (χ2v) is 6.21. The minimum absolute atomic E-state index is 0.195. The zero-order valence-electron chi connectivity index (χ0n) is 11.9. The summed E-state index contributed by atoms with van der Waals surface area (Å²) < 4.78 is 31.4. The lowest BCUT2D eigenvalue weighted by Gasteiger charge is -2.26. The van der Waals surface area contributed by atoms with E-state index in [2.05, 4.69) is 5.32 Å². The van der Waals surface area contributed by atoms with Crippen molar-refractivity contribution in [2.45, 2.75) is 64.0 Å². The largest absolute Gasteiger partial charge is 0.481 e. The van der Waals surface area contributed by atoms with Gasteiger partial charge in [-0.05, 0) is 33.1 Å². The van der Waals surface area contributed by atoms with Crippen molar-refractivity contribution in [2.24, 2.45) is 5.92 Å². The molecule has 0 aromatic carbocycles. The first-order valence-corrected chi connectivity index (χ1v) is 6.58. The van der Waals surface area contributed by atoms with Gasteiger partial charge in [-0.2, -0.15) is 0 Å². The predicted molar refractivity (Wildman–Crippen MR) is 67.7 cm³/mol. The molecule has 2 N–H and O–H groups in total. The first-order valence-electron chi connectivity index (χ1n) is 6.58. The molecule has 0 saturated heterocycles. The second kappa shape index (κ2) is 5.93. The van der Waals surface area contributed by atoms with Crippen LogP contribution >= 0.6 is 0 Å². The Morgan fingerprint density at radius 2 is 2.05 bits per heavy atom. The minimum Gasteiger partial charge on any atom is -0.481 e. The molecule has 1 amide bonds. The Morgan fingerprint density at radius 3 is 2.45 bits per heavy atom. The number of hydrogen-bond donors (Lipinski definition) is 2. The van der Waals surface area contributed by atoms with Crippen molar-refractivity contribution in [1.29, 1.82) is 0 Å². The average molecular weight is 293 g/mol. The molecule has 0 bridgehead atoms. The monoisotopic (exact) mass is 293 g/mol. The topological polar surface area (TPSA) is 75.6 Å². The van der Waals surface area contributed by atoms with Gasteiger partial charge in [-0.15, -0.1) is 0 Å². The van der Waals surface area contributed by atoms with Crippen molar-refractivity contribution in [3.63, 3.8) is 0 Å². The van der Waals surface area contributed by atoms with Crippen LogP contribution in [0.1, 0.15) is 46.5 Å². The van der Waals surface area contributed by atoms with E-state index in [1.807, 2.05) is 0 Å². The fraction of sp³-hybridized carbons (Fsp3) is 0.846. The number of carboxylic acid groups (broad SMARTS) is 1. The van der Waals surface area contributed by atoms with Gasteiger partial charge < -0.3 is 15.2 Å². The standard InChI is InChI=1S/C13H21F2NO4/c1-12(2,3)20-11(19)16-9(6-10(17)18)8-4-5-13(14,15)7-8/h8-9H,4-7H2,1-3H3,(H,16,19)(H,17,18). The maximum Gasteiger partial charge on any atom is 0.407 e. The smallest absolute Gasteiger partial charge is 0.407 e. The number of carbonyl (C=O) groups excluding carboxylic acids is 1. The summed E-state index contributed by atoms with van der Waals surface area (Å²) in [6.07, 6.45) is -1.65. The van der Waals surface area contributed by atoms with Gasteiger partial charge in [-0.3, -0.25) is 4.79 Å². The Morgan fingerprint density at radius 1 is 1.45 bits per heavy atom. The molecular formula is C13H21F2NO4. The average Bonchev–Trinajstić information content (AvgIpc) is 2.54. The molecule has 0 radical (unpaired) electrons. The van der Waals surface area contributed by atoms with E-state index in [-0.39, 0.29) is 19.3 Å². The number of alkyl halides is 2. The van der Waals surface area contributed by atoms with E-state index >= 15 is 0 Å². The highest BCUT2D eigenvalue weighted by Gasteiger charge is 2.43. The molecular weight excluding hydrogens is 272 g/mol. The number of carboxylic acids is 1. The number of alkyl carbamates (subject to hydrolysis) is 1. The number of rotatable bonds is 4. The first kappa shape index (κ1) is 16.7. The number of amides is 1. The third kappa shape index (κ3) is 5.71. The lowest BCUT2D eigenvalue weighted by molar-refractivity contribution is -0.138. The summed E-state index contributed by atoms with van der Waals surface area (Å²) in [5.74, 6) is -4.47. The van der Waals surface area contributed by atoms with Crippen LogP contribution in [-0.2, 0) is 9.53 Å². The van der Waals surface area contributed by atoms with Crippen molar-refractivity contribution < 1.29 is 28.2 Å². The van der Waals surface area contributed by atoms with Crippen LogP contribution < -0.4 is 5.32 Å². The number of ether oxygens (including phenoxy) is 1. The maximum atomic E-state index is 13.2. The molecule has 1 aliphatic carbocycles. The third-order valence-corrected chi connectivity index (χ3v) is 3.11. The number of nitrogens with one attached hydrogen (secondary N) is 1. The molecule has 20 heavy (non-hydrogen) atoms. The van der Waals surface area contributed by atoms with Gasteiger partial charge in [0.25, 0.3) is 0 Å². The summed E-state index contributed by atoms with van der Waals surface area (Å²) in [4.78, 5) is 22.5. The molecule has 2 unspecified atom stereocenters. The van der Waals surface area contributed by atoms with Crippen molar-refractivity contribution in [3.05, 3.63) is 0 Å². The van der Waals surface area contributed by atoms with E-state index in [4.69, 9.17) is 9.84 Å². The van der Waals surface area contributed by atoms with E-state index in [1.54, 1.807) is 20.8 Å². The van der Waals surface area contributed by atoms with Gasteiger partial charge in [0.15, 0.2) is 0 Å². The number of carbonyl (C=O) groups is 2. The van der Waals surface area contributed by atoms with Gasteiger partial charge in [0.05, 0.1) is 6.42 Å². The molecule has 7 heteroatoms. The Labute approximate surface area is 116 Å². The fourth-order valence-corrected chi connectivity index (χ4v) is 2.31. The summed E-state index contributed by atoms with van der Waals surface area (Å²) in [6.45, 7) is 5.01. The van der Waals surface area contributed by atoms with Gasteiger partial charge >= 0.3 is 12.1 Å². The molecule has 116 valence electrons. The van der Waals surface area contributed by atoms with E-state index in [1.165, 1.54) is 0 Å². The van der Waals surface area contributed by atoms with Crippen LogP contribution in [-0.4, -0.2) is 34.7 Å². The second-order valence-electron chi connectivity index (χ2n) is 6.21. The molecule has 1 aliphatic rings. The van der Waals surface area contributed by atoms with Crippen LogP contribution in [0, 0.1) is 5.92 Å². The lowest BCUT2D eigenvalue weighted by atomic mass is 9.95. The highest BCUT2D eigenvalue weighted by Crippen LogP contribution is 2.41. The summed E-state index contributed by atoms with van der Waals surface area (Å²) in [7, 11) is 0. The van der Waals surface area contributed by atoms with Crippen molar-refractivity contribution in [3.8, 4) is 0 Å². The van der Waals surface area contributed by atoms with Crippen LogP contribution in [0.3, 0.4) is 0 Å². The number of hydrogen-bond acceptors (Lipinski definition) is 3. The summed E-state index contributed by atoms with van der Waals surface area (Å²) in [6, 6.07) is -0.837. The molecule has 1 rings (SSSR count). The highest BCUT2D eigenvalue weighted by molar-refractivity contribution is 5.71. The van der Waals surface area contributed by atoms with E-state index in [9.17, 15) is 18.4 Å². The van der Waals surface area contributed by atoms with Crippen molar-refractivity contribution in [1.82, 2.24) is 5.32 Å². The molecule has 1 fully saturated rings. The van der Waals surface area contributed by atoms with Gasteiger partial charge in [-0.1, -0.05) is 0 Å². The van der Waals surface area contributed by atoms with Crippen LogP contribution in [0.5, 0.6) is 0 Å². The molecule has 0 spiro atoms. The predicted octanol–water partition coefficient (Wildman–Crippen LogP) is 2.79. The van der Waals surface area contributed by atoms with Crippen LogP contribution in [0.15, 0.2) is 0 Å². The quantitative estimate of drug-likeness (QED) is 0.835. The molecule has 0 heterocycles. The SMILES string of the molecule is CC(C)(C)OC(=O)NC(CC(=O)O)C1CCC(F)(F)C1. The molecule has 1 saturated carbocycles. The summed E-state index contributed by atoms with van der Waals surface area (Å²) in [5.41, 5.74) is -0.725. The van der Waals surface area contributed by atoms with Crippen molar-refractivity contribution >= 4 is 12.1 Å². The summed E-state index contributed by atoms with van der Waals surface area (Å²) >= 11 is 0. The summed E-state index contributed by atoms with van der Waals surface area (Å²) in [5, 5.41) is 11.2. The number of aliphatic carboxylic acids is 1. The van der Waals surface area contributed by atoms with Gasteiger partial charge in [-0.25, -0.2) is 13.6 Å². The van der Waals surface area contributed by atoms with E-state index in [0.717, 1.165) is 0 Å². The molecule has 5 nitrogen and oxygen atoms in total. The van der Waals surface area contributed by atoms with Crippen molar-refractivity contribution in [2.75, 3.05) is 0 Å². The Kier molecular flexibility index (Phi) is 4.94. The number of halogens is 2. The fourth-order valence-electron chi connectivity index (χ4n) is 2.31. The van der Waals surface area contributed by atoms with Gasteiger partial charge in [0, 0.05) is 18.9 Å². The third-order valence-electron chi connectivity index (χ3n) is 3.11.